The Kier molecular flexibility index (Phi) is 5.44. The van der Waals surface area contributed by atoms with Crippen LogP contribution in [0.5, 0.6) is 0 Å². The van der Waals surface area contributed by atoms with Gasteiger partial charge in [-0.05, 0) is 35.4 Å². The number of aromatic nitrogens is 2. The van der Waals surface area contributed by atoms with E-state index in [4.69, 9.17) is 9.15 Å². The van der Waals surface area contributed by atoms with E-state index in [-0.39, 0.29) is 24.6 Å². The van der Waals surface area contributed by atoms with E-state index >= 15 is 0 Å². The third kappa shape index (κ3) is 4.25. The Hall–Kier alpha value is -4.26. The number of hydrogen-bond donors (Lipinski definition) is 1. The summed E-state index contributed by atoms with van der Waals surface area (Å²) >= 11 is 0. The zero-order valence-corrected chi connectivity index (χ0v) is 17.7. The average molecular weight is 440 g/mol. The Bertz CT molecular complexity index is 1620. The minimum absolute atomic E-state index is 0.0278. The molecular formula is C26H20N2O5. The second kappa shape index (κ2) is 8.70. The lowest BCUT2D eigenvalue weighted by Gasteiger charge is -2.10. The Morgan fingerprint density at radius 1 is 0.970 bits per heavy atom. The van der Waals surface area contributed by atoms with E-state index in [1.807, 2.05) is 36.4 Å². The van der Waals surface area contributed by atoms with Gasteiger partial charge < -0.3 is 14.1 Å². The van der Waals surface area contributed by atoms with Gasteiger partial charge in [0.25, 0.3) is 5.56 Å². The number of carbonyl (C=O) groups is 1. The number of rotatable bonds is 6. The summed E-state index contributed by atoms with van der Waals surface area (Å²) < 4.78 is 10.8. The molecule has 1 N–H and O–H groups in total. The number of nitrogens with zero attached hydrogens (tertiary/aromatic N) is 1. The molecule has 5 rings (SSSR count). The molecule has 0 radical (unpaired) electrons. The Labute approximate surface area is 187 Å². The third-order valence-electron chi connectivity index (χ3n) is 5.56. The van der Waals surface area contributed by atoms with Gasteiger partial charge in [0.2, 0.25) is 0 Å². The second-order valence-corrected chi connectivity index (χ2v) is 7.79. The summed E-state index contributed by atoms with van der Waals surface area (Å²) in [4.78, 5) is 43.7. The molecule has 0 unspecified atom stereocenters. The maximum atomic E-state index is 12.4. The molecule has 3 aromatic carbocycles. The predicted molar refractivity (Wildman–Crippen MR) is 125 cm³/mol. The SMILES string of the molecule is O=C(CCCc1nc2ccccc2c(=O)[nH]1)OCc1cc(=O)oc2ccc3ccccc3c12. The van der Waals surface area contributed by atoms with Crippen molar-refractivity contribution in [3.63, 3.8) is 0 Å². The predicted octanol–water partition coefficient (Wildman–Crippen LogP) is 4.25. The van der Waals surface area contributed by atoms with Gasteiger partial charge in [0.05, 0.1) is 10.9 Å². The van der Waals surface area contributed by atoms with Gasteiger partial charge in [-0.15, -0.1) is 0 Å². The number of carbonyl (C=O) groups excluding carboxylic acids is 1. The van der Waals surface area contributed by atoms with Gasteiger partial charge in [-0.1, -0.05) is 42.5 Å². The summed E-state index contributed by atoms with van der Waals surface area (Å²) in [6.45, 7) is -0.0278. The van der Waals surface area contributed by atoms with Gasteiger partial charge in [-0.3, -0.25) is 9.59 Å². The molecule has 33 heavy (non-hydrogen) atoms. The van der Waals surface area contributed by atoms with E-state index in [0.29, 0.717) is 40.7 Å². The fraction of sp³-hybridized carbons (Fsp3) is 0.154. The van der Waals surface area contributed by atoms with Crippen molar-refractivity contribution in [3.05, 3.63) is 98.9 Å². The summed E-state index contributed by atoms with van der Waals surface area (Å²) in [5, 5.41) is 3.23. The van der Waals surface area contributed by atoms with Crippen LogP contribution in [0.25, 0.3) is 32.6 Å². The lowest BCUT2D eigenvalue weighted by molar-refractivity contribution is -0.145. The van der Waals surface area contributed by atoms with Crippen LogP contribution < -0.4 is 11.2 Å². The fourth-order valence-electron chi connectivity index (χ4n) is 4.02. The van der Waals surface area contributed by atoms with Crippen molar-refractivity contribution in [1.82, 2.24) is 9.97 Å². The molecule has 2 aromatic heterocycles. The van der Waals surface area contributed by atoms with E-state index in [2.05, 4.69) is 9.97 Å². The van der Waals surface area contributed by atoms with Crippen LogP contribution in [0.3, 0.4) is 0 Å². The van der Waals surface area contributed by atoms with Crippen LogP contribution in [0.1, 0.15) is 24.2 Å². The van der Waals surface area contributed by atoms with Crippen LogP contribution in [0.2, 0.25) is 0 Å². The van der Waals surface area contributed by atoms with Crippen molar-refractivity contribution in [3.8, 4) is 0 Å². The van der Waals surface area contributed by atoms with E-state index in [9.17, 15) is 14.4 Å². The first-order chi connectivity index (χ1) is 16.1. The Balaban J connectivity index is 1.27. The molecule has 0 fully saturated rings. The summed E-state index contributed by atoms with van der Waals surface area (Å²) in [7, 11) is 0. The summed E-state index contributed by atoms with van der Waals surface area (Å²) in [6, 6.07) is 19.9. The van der Waals surface area contributed by atoms with Crippen LogP contribution in [-0.2, 0) is 22.6 Å². The van der Waals surface area contributed by atoms with Crippen LogP contribution in [-0.4, -0.2) is 15.9 Å². The molecule has 0 aliphatic carbocycles. The first-order valence-electron chi connectivity index (χ1n) is 10.7. The highest BCUT2D eigenvalue weighted by Crippen LogP contribution is 2.27. The van der Waals surface area contributed by atoms with Crippen molar-refractivity contribution < 1.29 is 13.9 Å². The molecule has 7 heteroatoms. The summed E-state index contributed by atoms with van der Waals surface area (Å²) in [5.74, 6) is 0.143. The molecule has 0 bridgehead atoms. The number of H-pyrrole nitrogens is 1. The van der Waals surface area contributed by atoms with Crippen LogP contribution in [0.15, 0.2) is 80.7 Å². The summed E-state index contributed by atoms with van der Waals surface area (Å²) in [5.41, 5.74) is 1.00. The maximum Gasteiger partial charge on any atom is 0.336 e. The molecule has 0 amide bonds. The largest absolute Gasteiger partial charge is 0.461 e. The minimum atomic E-state index is -0.491. The molecule has 0 saturated carbocycles. The number of aryl methyl sites for hydroxylation is 1. The molecular weight excluding hydrogens is 420 g/mol. The summed E-state index contributed by atoms with van der Waals surface area (Å²) in [6.07, 6.45) is 1.08. The lowest BCUT2D eigenvalue weighted by Crippen LogP contribution is -2.12. The quantitative estimate of drug-likeness (QED) is 0.241. The number of nitrogens with one attached hydrogen (secondary N) is 1. The number of fused-ring (bicyclic) bond motifs is 4. The van der Waals surface area contributed by atoms with Crippen LogP contribution in [0.4, 0.5) is 0 Å². The molecule has 164 valence electrons. The smallest absolute Gasteiger partial charge is 0.336 e. The number of para-hydroxylation sites is 1. The van der Waals surface area contributed by atoms with Gasteiger partial charge >= 0.3 is 11.6 Å². The molecule has 5 aromatic rings. The van der Waals surface area contributed by atoms with Crippen molar-refractivity contribution in [1.29, 1.82) is 0 Å². The van der Waals surface area contributed by atoms with Crippen molar-refractivity contribution in [2.75, 3.05) is 0 Å². The first kappa shape index (κ1) is 20.6. The number of esters is 1. The van der Waals surface area contributed by atoms with Crippen LogP contribution in [0, 0.1) is 0 Å². The molecule has 7 nitrogen and oxygen atoms in total. The number of benzene rings is 3. The van der Waals surface area contributed by atoms with E-state index in [0.717, 1.165) is 16.2 Å². The van der Waals surface area contributed by atoms with Crippen molar-refractivity contribution >= 4 is 38.6 Å². The van der Waals surface area contributed by atoms with E-state index in [1.54, 1.807) is 24.3 Å². The van der Waals surface area contributed by atoms with Crippen molar-refractivity contribution in [2.24, 2.45) is 0 Å². The maximum absolute atomic E-state index is 12.4. The lowest BCUT2D eigenvalue weighted by atomic mass is 10.0. The highest BCUT2D eigenvalue weighted by molar-refractivity contribution is 6.07. The van der Waals surface area contributed by atoms with Gasteiger partial charge in [0.1, 0.15) is 18.0 Å². The molecule has 0 saturated heterocycles. The zero-order valence-electron chi connectivity index (χ0n) is 17.7. The minimum Gasteiger partial charge on any atom is -0.461 e. The van der Waals surface area contributed by atoms with Crippen molar-refractivity contribution in [2.45, 2.75) is 25.9 Å². The van der Waals surface area contributed by atoms with Crippen LogP contribution >= 0.6 is 0 Å². The molecule has 0 aliphatic rings. The van der Waals surface area contributed by atoms with Gasteiger partial charge in [0.15, 0.2) is 0 Å². The highest BCUT2D eigenvalue weighted by atomic mass is 16.5. The molecule has 0 aliphatic heterocycles. The first-order valence-corrected chi connectivity index (χ1v) is 10.7. The van der Waals surface area contributed by atoms with E-state index in [1.165, 1.54) is 6.07 Å². The molecule has 2 heterocycles. The second-order valence-electron chi connectivity index (χ2n) is 7.79. The number of ether oxygens (including phenoxy) is 1. The molecule has 0 spiro atoms. The van der Waals surface area contributed by atoms with Gasteiger partial charge in [0, 0.05) is 29.9 Å². The molecule has 0 atom stereocenters. The van der Waals surface area contributed by atoms with Gasteiger partial charge in [-0.25, -0.2) is 9.78 Å². The topological polar surface area (TPSA) is 102 Å². The number of hydrogen-bond acceptors (Lipinski definition) is 6. The monoisotopic (exact) mass is 440 g/mol. The zero-order chi connectivity index (χ0) is 22.8. The normalized spacial score (nSPS) is 11.3. The Morgan fingerprint density at radius 2 is 1.76 bits per heavy atom. The fourth-order valence-corrected chi connectivity index (χ4v) is 4.02. The standard InChI is InChI=1S/C26H20N2O5/c29-23(11-5-10-22-27-20-9-4-3-8-19(20)26(31)28-22)32-15-17-14-24(30)33-21-13-12-16-6-1-2-7-18(16)25(17)21/h1-4,6-9,12-14H,5,10-11,15H2,(H,27,28,31). The highest BCUT2D eigenvalue weighted by Gasteiger charge is 2.12. The number of aromatic amines is 1. The Morgan fingerprint density at radius 3 is 2.64 bits per heavy atom. The third-order valence-corrected chi connectivity index (χ3v) is 5.56. The van der Waals surface area contributed by atoms with Gasteiger partial charge in [-0.2, -0.15) is 0 Å². The average Bonchev–Trinajstić information content (AvgIpc) is 2.82. The van der Waals surface area contributed by atoms with E-state index < -0.39 is 5.63 Å².